The number of carbonyl (C=O) groups is 2. The number of anilines is 1. The summed E-state index contributed by atoms with van der Waals surface area (Å²) in [5.41, 5.74) is 2.23. The molecule has 20 heavy (non-hydrogen) atoms. The van der Waals surface area contributed by atoms with Crippen LogP contribution in [-0.4, -0.2) is 19.2 Å². The van der Waals surface area contributed by atoms with E-state index in [0.29, 0.717) is 17.8 Å². The van der Waals surface area contributed by atoms with Crippen molar-refractivity contribution in [2.75, 3.05) is 11.9 Å². The van der Waals surface area contributed by atoms with Crippen LogP contribution in [-0.2, 0) is 10.2 Å². The van der Waals surface area contributed by atoms with E-state index in [0.717, 1.165) is 16.8 Å². The van der Waals surface area contributed by atoms with Crippen molar-refractivity contribution in [2.24, 2.45) is 0 Å². The van der Waals surface area contributed by atoms with Crippen molar-refractivity contribution in [2.45, 2.75) is 19.3 Å². The minimum atomic E-state index is -0.541. The third-order valence-corrected chi connectivity index (χ3v) is 3.90. The van der Waals surface area contributed by atoms with Crippen LogP contribution in [0.15, 0.2) is 34.7 Å². The second-order valence-electron chi connectivity index (χ2n) is 5.54. The lowest BCUT2D eigenvalue weighted by atomic mass is 9.85. The highest BCUT2D eigenvalue weighted by molar-refractivity contribution is 6.07. The molecule has 0 unspecified atom stereocenters. The van der Waals surface area contributed by atoms with Gasteiger partial charge in [0.15, 0.2) is 12.0 Å². The number of hydrogen-bond donors (Lipinski definition) is 0. The first-order chi connectivity index (χ1) is 9.45. The summed E-state index contributed by atoms with van der Waals surface area (Å²) in [5, 5.41) is 0. The van der Waals surface area contributed by atoms with Gasteiger partial charge < -0.3 is 9.32 Å². The highest BCUT2D eigenvalue weighted by Crippen LogP contribution is 2.42. The molecule has 0 aliphatic carbocycles. The fourth-order valence-electron chi connectivity index (χ4n) is 2.70. The second kappa shape index (κ2) is 4.07. The van der Waals surface area contributed by atoms with Gasteiger partial charge in [0.1, 0.15) is 5.76 Å². The van der Waals surface area contributed by atoms with E-state index < -0.39 is 5.41 Å². The maximum Gasteiger partial charge on any atom is 0.236 e. The van der Waals surface area contributed by atoms with Gasteiger partial charge in [0.05, 0.1) is 5.41 Å². The van der Waals surface area contributed by atoms with Crippen LogP contribution < -0.4 is 4.90 Å². The highest BCUT2D eigenvalue weighted by atomic mass is 16.3. The number of amides is 1. The van der Waals surface area contributed by atoms with Crippen LogP contribution in [0.3, 0.4) is 0 Å². The second-order valence-corrected chi connectivity index (χ2v) is 5.54. The minimum Gasteiger partial charge on any atom is -0.453 e. The van der Waals surface area contributed by atoms with Crippen LogP contribution in [0.1, 0.15) is 30.0 Å². The Bertz CT molecular complexity index is 712. The molecule has 0 saturated carbocycles. The standard InChI is InChI=1S/C16H15NO3/c1-16(2)12-8-10(14-7-5-11(9-18)20-14)4-6-13(12)17(3)15(16)19/h4-9H,1-3H3. The van der Waals surface area contributed by atoms with E-state index in [2.05, 4.69) is 0 Å². The van der Waals surface area contributed by atoms with Crippen molar-refractivity contribution in [1.82, 2.24) is 0 Å². The van der Waals surface area contributed by atoms with Gasteiger partial charge >= 0.3 is 0 Å². The quantitative estimate of drug-likeness (QED) is 0.787. The number of furan rings is 1. The zero-order chi connectivity index (χ0) is 14.5. The van der Waals surface area contributed by atoms with Crippen molar-refractivity contribution in [3.05, 3.63) is 41.7 Å². The van der Waals surface area contributed by atoms with Crippen molar-refractivity contribution < 1.29 is 14.0 Å². The zero-order valence-corrected chi connectivity index (χ0v) is 11.6. The number of rotatable bonds is 2. The average Bonchev–Trinajstić information content (AvgIpc) is 2.99. The van der Waals surface area contributed by atoms with Crippen LogP contribution in [0.5, 0.6) is 0 Å². The van der Waals surface area contributed by atoms with E-state index >= 15 is 0 Å². The number of nitrogens with zero attached hydrogens (tertiary/aromatic N) is 1. The van der Waals surface area contributed by atoms with E-state index in [4.69, 9.17) is 4.42 Å². The van der Waals surface area contributed by atoms with E-state index in [1.54, 1.807) is 24.1 Å². The van der Waals surface area contributed by atoms with Gasteiger partial charge in [-0.1, -0.05) is 0 Å². The molecule has 0 spiro atoms. The lowest BCUT2D eigenvalue weighted by Gasteiger charge is -2.16. The third-order valence-electron chi connectivity index (χ3n) is 3.90. The van der Waals surface area contributed by atoms with Crippen molar-refractivity contribution in [1.29, 1.82) is 0 Å². The van der Waals surface area contributed by atoms with Crippen LogP contribution in [0, 0.1) is 0 Å². The van der Waals surface area contributed by atoms with Gasteiger partial charge in [-0.2, -0.15) is 0 Å². The Balaban J connectivity index is 2.13. The van der Waals surface area contributed by atoms with Crippen LogP contribution >= 0.6 is 0 Å². The van der Waals surface area contributed by atoms with E-state index in [9.17, 15) is 9.59 Å². The van der Waals surface area contributed by atoms with Crippen LogP contribution in [0.4, 0.5) is 5.69 Å². The molecule has 2 heterocycles. The molecular formula is C16H15NO3. The fraction of sp³-hybridized carbons (Fsp3) is 0.250. The van der Waals surface area contributed by atoms with E-state index in [1.165, 1.54) is 0 Å². The van der Waals surface area contributed by atoms with Crippen LogP contribution in [0.2, 0.25) is 0 Å². The molecular weight excluding hydrogens is 254 g/mol. The molecule has 4 nitrogen and oxygen atoms in total. The smallest absolute Gasteiger partial charge is 0.236 e. The molecule has 3 rings (SSSR count). The minimum absolute atomic E-state index is 0.0812. The first-order valence-electron chi connectivity index (χ1n) is 6.43. The van der Waals surface area contributed by atoms with Crippen LogP contribution in [0.25, 0.3) is 11.3 Å². The molecule has 1 amide bonds. The average molecular weight is 269 g/mol. The summed E-state index contributed by atoms with van der Waals surface area (Å²) in [4.78, 5) is 24.6. The van der Waals surface area contributed by atoms with Gasteiger partial charge in [-0.05, 0) is 49.7 Å². The molecule has 0 fully saturated rings. The third kappa shape index (κ3) is 1.61. The molecule has 4 heteroatoms. The van der Waals surface area contributed by atoms with Crippen molar-refractivity contribution in [3.63, 3.8) is 0 Å². The normalized spacial score (nSPS) is 16.4. The molecule has 2 aromatic rings. The number of fused-ring (bicyclic) bond motifs is 1. The number of benzene rings is 1. The Kier molecular flexibility index (Phi) is 2.57. The molecule has 0 saturated heterocycles. The molecule has 0 atom stereocenters. The Morgan fingerprint density at radius 1 is 1.20 bits per heavy atom. The molecule has 0 N–H and O–H groups in total. The number of aldehydes is 1. The zero-order valence-electron chi connectivity index (χ0n) is 11.6. The largest absolute Gasteiger partial charge is 0.453 e. The Hall–Kier alpha value is -2.36. The summed E-state index contributed by atoms with van der Waals surface area (Å²) >= 11 is 0. The summed E-state index contributed by atoms with van der Waals surface area (Å²) in [6, 6.07) is 9.18. The van der Waals surface area contributed by atoms with Crippen molar-refractivity contribution >= 4 is 17.9 Å². The van der Waals surface area contributed by atoms with Gasteiger partial charge in [-0.25, -0.2) is 0 Å². The van der Waals surface area contributed by atoms with E-state index in [1.807, 2.05) is 32.0 Å². The number of carbonyl (C=O) groups excluding carboxylic acids is 2. The predicted octanol–water partition coefficient (Wildman–Crippen LogP) is 3.01. The van der Waals surface area contributed by atoms with Gasteiger partial charge in [0, 0.05) is 18.3 Å². The summed E-state index contributed by atoms with van der Waals surface area (Å²) in [6.07, 6.45) is 0.679. The molecule has 1 aliphatic heterocycles. The van der Waals surface area contributed by atoms with Gasteiger partial charge in [0.25, 0.3) is 0 Å². The molecule has 1 aliphatic rings. The SMILES string of the molecule is CN1C(=O)C(C)(C)c2cc(-c3ccc(C=O)o3)ccc21. The maximum atomic E-state index is 12.2. The Morgan fingerprint density at radius 2 is 1.95 bits per heavy atom. The Morgan fingerprint density at radius 3 is 2.60 bits per heavy atom. The van der Waals surface area contributed by atoms with Gasteiger partial charge in [-0.15, -0.1) is 0 Å². The molecule has 1 aromatic heterocycles. The summed E-state index contributed by atoms with van der Waals surface area (Å²) < 4.78 is 5.43. The number of hydrogen-bond acceptors (Lipinski definition) is 3. The topological polar surface area (TPSA) is 50.5 Å². The summed E-state index contributed by atoms with van der Waals surface area (Å²) in [7, 11) is 1.78. The first-order valence-corrected chi connectivity index (χ1v) is 6.43. The lowest BCUT2D eigenvalue weighted by molar-refractivity contribution is -0.121. The maximum absolute atomic E-state index is 12.2. The first kappa shape index (κ1) is 12.7. The molecule has 1 aromatic carbocycles. The van der Waals surface area contributed by atoms with Gasteiger partial charge in [0.2, 0.25) is 5.91 Å². The molecule has 0 bridgehead atoms. The van der Waals surface area contributed by atoms with E-state index in [-0.39, 0.29) is 5.91 Å². The van der Waals surface area contributed by atoms with Gasteiger partial charge in [-0.3, -0.25) is 9.59 Å². The Labute approximate surface area is 117 Å². The fourth-order valence-corrected chi connectivity index (χ4v) is 2.70. The molecule has 102 valence electrons. The summed E-state index contributed by atoms with van der Waals surface area (Å²) in [5.74, 6) is 1.01. The molecule has 0 radical (unpaired) electrons. The summed E-state index contributed by atoms with van der Waals surface area (Å²) in [6.45, 7) is 3.83. The highest BCUT2D eigenvalue weighted by Gasteiger charge is 2.42. The number of likely N-dealkylation sites (N-methyl/N-ethyl adjacent to an activating group) is 1. The van der Waals surface area contributed by atoms with Crippen molar-refractivity contribution in [3.8, 4) is 11.3 Å². The lowest BCUT2D eigenvalue weighted by Crippen LogP contribution is -2.33. The monoisotopic (exact) mass is 269 g/mol. The predicted molar refractivity (Wildman–Crippen MR) is 76.0 cm³/mol.